The van der Waals surface area contributed by atoms with Crippen LogP contribution in [0.25, 0.3) is 0 Å². The summed E-state index contributed by atoms with van der Waals surface area (Å²) in [6.07, 6.45) is 1.49. The number of halogens is 2. The van der Waals surface area contributed by atoms with Gasteiger partial charge in [0.2, 0.25) is 5.56 Å². The van der Waals surface area contributed by atoms with Crippen LogP contribution in [-0.4, -0.2) is 20.7 Å². The zero-order chi connectivity index (χ0) is 14.0. The van der Waals surface area contributed by atoms with Gasteiger partial charge in [0.25, 0.3) is 5.91 Å². The van der Waals surface area contributed by atoms with E-state index in [1.54, 1.807) is 7.05 Å². The molecule has 0 bridgehead atoms. The van der Waals surface area contributed by atoms with E-state index in [4.69, 9.17) is 23.2 Å². The predicted molar refractivity (Wildman–Crippen MR) is 71.7 cm³/mol. The van der Waals surface area contributed by atoms with Crippen LogP contribution in [0.5, 0.6) is 0 Å². The monoisotopic (exact) mass is 298 g/mol. The summed E-state index contributed by atoms with van der Waals surface area (Å²) in [5.41, 5.74) is 0.385. The van der Waals surface area contributed by atoms with E-state index in [1.807, 2.05) is 0 Å². The van der Waals surface area contributed by atoms with Crippen LogP contribution in [0.4, 0.5) is 5.69 Å². The first-order valence-corrected chi connectivity index (χ1v) is 5.90. The van der Waals surface area contributed by atoms with Gasteiger partial charge in [0.1, 0.15) is 0 Å². The maximum absolute atomic E-state index is 12.0. The number of anilines is 1. The second-order valence-corrected chi connectivity index (χ2v) is 4.44. The third-order valence-corrected chi connectivity index (χ3v) is 2.77. The molecule has 0 spiro atoms. The summed E-state index contributed by atoms with van der Waals surface area (Å²) in [5.74, 6) is -0.486. The molecule has 0 aliphatic carbocycles. The maximum Gasteiger partial charge on any atom is 0.259 e. The number of hydrogen-bond donors (Lipinski definition) is 1. The molecular weight excluding hydrogens is 291 g/mol. The summed E-state index contributed by atoms with van der Waals surface area (Å²) in [4.78, 5) is 23.2. The third-order valence-electron chi connectivity index (χ3n) is 2.31. The fourth-order valence-electron chi connectivity index (χ4n) is 1.38. The number of aryl methyl sites for hydroxylation is 1. The number of carbonyl (C=O) groups is 1. The Morgan fingerprint density at radius 2 is 2.05 bits per heavy atom. The molecule has 2 rings (SSSR count). The molecule has 6 nitrogen and oxygen atoms in total. The SMILES string of the molecule is Cn1cc(NC(=O)c2cc(Cl)nnc2Cl)ccc1=O. The van der Waals surface area contributed by atoms with Gasteiger partial charge in [0, 0.05) is 19.3 Å². The van der Waals surface area contributed by atoms with Gasteiger partial charge in [-0.25, -0.2) is 0 Å². The van der Waals surface area contributed by atoms with Crippen LogP contribution in [0.15, 0.2) is 29.2 Å². The van der Waals surface area contributed by atoms with Crippen LogP contribution in [0.2, 0.25) is 10.3 Å². The second-order valence-electron chi connectivity index (χ2n) is 3.69. The molecule has 8 heteroatoms. The molecule has 19 heavy (non-hydrogen) atoms. The van der Waals surface area contributed by atoms with E-state index in [9.17, 15) is 9.59 Å². The standard InChI is InChI=1S/C11H8Cl2N4O2/c1-17-5-6(2-3-9(17)18)14-11(19)7-4-8(12)15-16-10(7)13/h2-5H,1H3,(H,14,19). The van der Waals surface area contributed by atoms with E-state index in [2.05, 4.69) is 15.5 Å². The van der Waals surface area contributed by atoms with Crippen LogP contribution < -0.4 is 10.9 Å². The lowest BCUT2D eigenvalue weighted by atomic mass is 10.3. The van der Waals surface area contributed by atoms with Crippen molar-refractivity contribution in [3.8, 4) is 0 Å². The van der Waals surface area contributed by atoms with Gasteiger partial charge in [-0.3, -0.25) is 9.59 Å². The quantitative estimate of drug-likeness (QED) is 0.916. The van der Waals surface area contributed by atoms with E-state index in [1.165, 1.54) is 29.0 Å². The molecule has 2 heterocycles. The van der Waals surface area contributed by atoms with Crippen molar-refractivity contribution in [2.24, 2.45) is 7.05 Å². The molecule has 0 radical (unpaired) electrons. The number of amides is 1. The van der Waals surface area contributed by atoms with Crippen molar-refractivity contribution in [3.05, 3.63) is 50.6 Å². The molecule has 0 aliphatic heterocycles. The van der Waals surface area contributed by atoms with Gasteiger partial charge in [-0.05, 0) is 12.1 Å². The maximum atomic E-state index is 12.0. The summed E-state index contributed by atoms with van der Waals surface area (Å²) < 4.78 is 1.34. The van der Waals surface area contributed by atoms with Gasteiger partial charge in [0.15, 0.2) is 10.3 Å². The first-order valence-electron chi connectivity index (χ1n) is 5.14. The molecular formula is C11H8Cl2N4O2. The van der Waals surface area contributed by atoms with Gasteiger partial charge in [0.05, 0.1) is 11.3 Å². The Hall–Kier alpha value is -1.92. The fourth-order valence-corrected chi connectivity index (χ4v) is 1.70. The van der Waals surface area contributed by atoms with E-state index >= 15 is 0 Å². The molecule has 0 saturated heterocycles. The Bertz CT molecular complexity index is 699. The van der Waals surface area contributed by atoms with E-state index in [0.29, 0.717) is 5.69 Å². The number of carbonyl (C=O) groups excluding carboxylic acids is 1. The second kappa shape index (κ2) is 5.38. The summed E-state index contributed by atoms with van der Waals surface area (Å²) >= 11 is 11.4. The minimum Gasteiger partial charge on any atom is -0.321 e. The highest BCUT2D eigenvalue weighted by Gasteiger charge is 2.13. The number of hydrogen-bond acceptors (Lipinski definition) is 4. The van der Waals surface area contributed by atoms with Crippen molar-refractivity contribution in [3.63, 3.8) is 0 Å². The van der Waals surface area contributed by atoms with Crippen molar-refractivity contribution in [1.29, 1.82) is 0 Å². The van der Waals surface area contributed by atoms with Gasteiger partial charge in [-0.2, -0.15) is 0 Å². The van der Waals surface area contributed by atoms with Gasteiger partial charge < -0.3 is 9.88 Å². The summed E-state index contributed by atoms with van der Waals surface area (Å²) in [6.45, 7) is 0. The number of pyridine rings is 1. The van der Waals surface area contributed by atoms with Crippen molar-refractivity contribution in [2.45, 2.75) is 0 Å². The van der Waals surface area contributed by atoms with Crippen LogP contribution in [-0.2, 0) is 7.05 Å². The molecule has 2 aromatic heterocycles. The zero-order valence-electron chi connectivity index (χ0n) is 9.72. The van der Waals surface area contributed by atoms with Crippen molar-refractivity contribution >= 4 is 34.8 Å². The lowest BCUT2D eigenvalue weighted by molar-refractivity contribution is 0.102. The third kappa shape index (κ3) is 3.10. The Labute approximate surface area is 118 Å². The smallest absolute Gasteiger partial charge is 0.259 e. The average molecular weight is 299 g/mol. The fraction of sp³-hybridized carbons (Fsp3) is 0.0909. The minimum absolute atomic E-state index is 0.0493. The lowest BCUT2D eigenvalue weighted by Crippen LogP contribution is -2.18. The molecule has 0 fully saturated rings. The predicted octanol–water partition coefficient (Wildman–Crippen LogP) is 1.73. The first kappa shape index (κ1) is 13.5. The molecule has 2 aromatic rings. The highest BCUT2D eigenvalue weighted by atomic mass is 35.5. The minimum atomic E-state index is -0.486. The largest absolute Gasteiger partial charge is 0.321 e. The molecule has 0 aliphatic rings. The van der Waals surface area contributed by atoms with Crippen molar-refractivity contribution in [1.82, 2.24) is 14.8 Å². The number of nitrogens with zero attached hydrogens (tertiary/aromatic N) is 3. The van der Waals surface area contributed by atoms with Gasteiger partial charge in [-0.1, -0.05) is 23.2 Å². The highest BCUT2D eigenvalue weighted by Crippen LogP contribution is 2.17. The zero-order valence-corrected chi connectivity index (χ0v) is 11.2. The highest BCUT2D eigenvalue weighted by molar-refractivity contribution is 6.34. The topological polar surface area (TPSA) is 76.9 Å². The normalized spacial score (nSPS) is 10.3. The summed E-state index contributed by atoms with van der Waals surface area (Å²) in [5, 5.41) is 9.65. The Kier molecular flexibility index (Phi) is 3.82. The van der Waals surface area contributed by atoms with E-state index in [0.717, 1.165) is 0 Å². The van der Waals surface area contributed by atoms with E-state index < -0.39 is 5.91 Å². The molecule has 0 saturated carbocycles. The number of nitrogens with one attached hydrogen (secondary N) is 1. The summed E-state index contributed by atoms with van der Waals surface area (Å²) in [7, 11) is 1.58. The summed E-state index contributed by atoms with van der Waals surface area (Å²) in [6, 6.07) is 4.15. The number of aromatic nitrogens is 3. The van der Waals surface area contributed by atoms with Gasteiger partial charge >= 0.3 is 0 Å². The lowest BCUT2D eigenvalue weighted by Gasteiger charge is -2.07. The van der Waals surface area contributed by atoms with E-state index in [-0.39, 0.29) is 21.4 Å². The van der Waals surface area contributed by atoms with Crippen LogP contribution >= 0.6 is 23.2 Å². The number of rotatable bonds is 2. The average Bonchev–Trinajstić information content (AvgIpc) is 2.36. The molecule has 98 valence electrons. The Morgan fingerprint density at radius 1 is 1.32 bits per heavy atom. The molecule has 1 N–H and O–H groups in total. The molecule has 0 unspecified atom stereocenters. The molecule has 0 aromatic carbocycles. The van der Waals surface area contributed by atoms with Crippen LogP contribution in [0.3, 0.4) is 0 Å². The molecule has 1 amide bonds. The van der Waals surface area contributed by atoms with Crippen LogP contribution in [0, 0.1) is 0 Å². The Morgan fingerprint density at radius 3 is 2.74 bits per heavy atom. The van der Waals surface area contributed by atoms with Crippen LogP contribution in [0.1, 0.15) is 10.4 Å². The van der Waals surface area contributed by atoms with Crippen molar-refractivity contribution in [2.75, 3.05) is 5.32 Å². The molecule has 0 atom stereocenters. The first-order chi connectivity index (χ1) is 8.97. The van der Waals surface area contributed by atoms with Crippen molar-refractivity contribution < 1.29 is 4.79 Å². The van der Waals surface area contributed by atoms with Gasteiger partial charge in [-0.15, -0.1) is 10.2 Å². The Balaban J connectivity index is 2.28.